The van der Waals surface area contributed by atoms with Gasteiger partial charge in [-0.2, -0.15) is 0 Å². The first-order valence-corrected chi connectivity index (χ1v) is 7.74. The zero-order valence-corrected chi connectivity index (χ0v) is 13.7. The SMILES string of the molecule is CCNC(Cc1cccc(Br)c1)c1cc(C)c(F)cc1F. The highest BCUT2D eigenvalue weighted by molar-refractivity contribution is 9.10. The molecule has 0 heterocycles. The molecule has 2 rings (SSSR count). The van der Waals surface area contributed by atoms with Crippen LogP contribution < -0.4 is 5.32 Å². The smallest absolute Gasteiger partial charge is 0.130 e. The van der Waals surface area contributed by atoms with Crippen LogP contribution in [0, 0.1) is 18.6 Å². The zero-order chi connectivity index (χ0) is 15.4. The number of aryl methyl sites for hydroxylation is 1. The summed E-state index contributed by atoms with van der Waals surface area (Å²) in [6.45, 7) is 4.34. The average Bonchev–Trinajstić information content (AvgIpc) is 2.42. The van der Waals surface area contributed by atoms with Crippen molar-refractivity contribution < 1.29 is 8.78 Å². The lowest BCUT2D eigenvalue weighted by Crippen LogP contribution is -2.24. The van der Waals surface area contributed by atoms with E-state index < -0.39 is 11.6 Å². The van der Waals surface area contributed by atoms with Gasteiger partial charge in [0.05, 0.1) is 0 Å². The Kier molecular flexibility index (Phi) is 5.48. The molecule has 1 unspecified atom stereocenters. The first-order chi connectivity index (χ1) is 10.0. The predicted molar refractivity (Wildman–Crippen MR) is 85.4 cm³/mol. The van der Waals surface area contributed by atoms with Gasteiger partial charge in [0.1, 0.15) is 11.6 Å². The highest BCUT2D eigenvalue weighted by Gasteiger charge is 2.17. The van der Waals surface area contributed by atoms with Crippen LogP contribution in [0.2, 0.25) is 0 Å². The summed E-state index contributed by atoms with van der Waals surface area (Å²) in [6.07, 6.45) is 0.648. The summed E-state index contributed by atoms with van der Waals surface area (Å²) in [4.78, 5) is 0. The fourth-order valence-electron chi connectivity index (χ4n) is 2.38. The van der Waals surface area contributed by atoms with E-state index in [1.165, 1.54) is 0 Å². The van der Waals surface area contributed by atoms with E-state index in [1.807, 2.05) is 31.2 Å². The molecule has 0 aliphatic carbocycles. The Morgan fingerprint density at radius 2 is 1.90 bits per heavy atom. The molecule has 0 aromatic heterocycles. The third-order valence-corrected chi connectivity index (χ3v) is 3.93. The number of likely N-dealkylation sites (N-methyl/N-ethyl adjacent to an activating group) is 1. The van der Waals surface area contributed by atoms with E-state index in [4.69, 9.17) is 0 Å². The third-order valence-electron chi connectivity index (χ3n) is 3.43. The Hall–Kier alpha value is -1.26. The van der Waals surface area contributed by atoms with Gasteiger partial charge in [-0.1, -0.05) is 35.0 Å². The molecule has 0 saturated heterocycles. The van der Waals surface area contributed by atoms with Gasteiger partial charge in [-0.25, -0.2) is 8.78 Å². The molecule has 0 radical (unpaired) electrons. The van der Waals surface area contributed by atoms with E-state index in [1.54, 1.807) is 13.0 Å². The van der Waals surface area contributed by atoms with E-state index in [0.717, 1.165) is 16.1 Å². The van der Waals surface area contributed by atoms with Crippen molar-refractivity contribution in [2.45, 2.75) is 26.3 Å². The monoisotopic (exact) mass is 353 g/mol. The highest BCUT2D eigenvalue weighted by atomic mass is 79.9. The summed E-state index contributed by atoms with van der Waals surface area (Å²) in [5, 5.41) is 3.28. The molecule has 2 aromatic rings. The van der Waals surface area contributed by atoms with Crippen molar-refractivity contribution in [1.82, 2.24) is 5.32 Å². The lowest BCUT2D eigenvalue weighted by Gasteiger charge is -2.20. The van der Waals surface area contributed by atoms with Gasteiger partial charge in [0, 0.05) is 22.1 Å². The molecule has 1 N–H and O–H groups in total. The van der Waals surface area contributed by atoms with Gasteiger partial charge < -0.3 is 5.32 Å². The molecule has 0 aliphatic heterocycles. The van der Waals surface area contributed by atoms with Crippen LogP contribution >= 0.6 is 15.9 Å². The molecular formula is C17H18BrF2N. The lowest BCUT2D eigenvalue weighted by atomic mass is 9.96. The van der Waals surface area contributed by atoms with E-state index >= 15 is 0 Å². The third kappa shape index (κ3) is 4.11. The molecular weight excluding hydrogens is 336 g/mol. The number of nitrogens with one attached hydrogen (secondary N) is 1. The van der Waals surface area contributed by atoms with Crippen LogP contribution in [-0.4, -0.2) is 6.54 Å². The number of halogens is 3. The first kappa shape index (κ1) is 16.1. The predicted octanol–water partition coefficient (Wildman–Crippen LogP) is 4.93. The largest absolute Gasteiger partial charge is 0.310 e. The molecule has 0 spiro atoms. The van der Waals surface area contributed by atoms with Crippen molar-refractivity contribution >= 4 is 15.9 Å². The molecule has 21 heavy (non-hydrogen) atoms. The minimum Gasteiger partial charge on any atom is -0.310 e. The lowest BCUT2D eigenvalue weighted by molar-refractivity contribution is 0.500. The van der Waals surface area contributed by atoms with Gasteiger partial charge in [-0.05, 0) is 49.2 Å². The fraction of sp³-hybridized carbons (Fsp3) is 0.294. The van der Waals surface area contributed by atoms with Gasteiger partial charge in [0.15, 0.2) is 0 Å². The maximum Gasteiger partial charge on any atom is 0.130 e. The van der Waals surface area contributed by atoms with Crippen molar-refractivity contribution in [1.29, 1.82) is 0 Å². The summed E-state index contributed by atoms with van der Waals surface area (Å²) < 4.78 is 28.5. The Morgan fingerprint density at radius 1 is 1.14 bits per heavy atom. The molecule has 0 saturated carbocycles. The molecule has 2 aromatic carbocycles. The summed E-state index contributed by atoms with van der Waals surface area (Å²) in [6, 6.07) is 10.3. The van der Waals surface area contributed by atoms with Crippen LogP contribution in [0.25, 0.3) is 0 Å². The fourth-order valence-corrected chi connectivity index (χ4v) is 2.83. The molecule has 4 heteroatoms. The molecule has 112 valence electrons. The highest BCUT2D eigenvalue weighted by Crippen LogP contribution is 2.25. The van der Waals surface area contributed by atoms with Crippen molar-refractivity contribution in [3.05, 3.63) is 69.2 Å². The van der Waals surface area contributed by atoms with Crippen LogP contribution in [0.1, 0.15) is 29.7 Å². The van der Waals surface area contributed by atoms with Gasteiger partial charge in [0.2, 0.25) is 0 Å². The van der Waals surface area contributed by atoms with E-state index in [-0.39, 0.29) is 6.04 Å². The standard InChI is InChI=1S/C17H18BrF2N/c1-3-21-17(9-12-5-4-6-13(18)8-12)14-7-11(2)15(19)10-16(14)20/h4-8,10,17,21H,3,9H2,1-2H3. The Morgan fingerprint density at radius 3 is 2.57 bits per heavy atom. The maximum absolute atomic E-state index is 14.1. The van der Waals surface area contributed by atoms with Crippen molar-refractivity contribution in [2.24, 2.45) is 0 Å². The van der Waals surface area contributed by atoms with Gasteiger partial charge >= 0.3 is 0 Å². The molecule has 0 fully saturated rings. The van der Waals surface area contributed by atoms with Crippen LogP contribution in [0.4, 0.5) is 8.78 Å². The quantitative estimate of drug-likeness (QED) is 0.803. The molecule has 1 nitrogen and oxygen atoms in total. The second-order valence-corrected chi connectivity index (χ2v) is 5.98. The van der Waals surface area contributed by atoms with Crippen LogP contribution in [-0.2, 0) is 6.42 Å². The topological polar surface area (TPSA) is 12.0 Å². The Bertz CT molecular complexity index is 628. The van der Waals surface area contributed by atoms with Crippen molar-refractivity contribution in [3.8, 4) is 0 Å². The minimum atomic E-state index is -0.506. The second-order valence-electron chi connectivity index (χ2n) is 5.07. The average molecular weight is 354 g/mol. The summed E-state index contributed by atoms with van der Waals surface area (Å²) in [7, 11) is 0. The summed E-state index contributed by atoms with van der Waals surface area (Å²) >= 11 is 3.44. The normalized spacial score (nSPS) is 12.4. The molecule has 1 atom stereocenters. The maximum atomic E-state index is 14.1. The van der Waals surface area contributed by atoms with E-state index in [2.05, 4.69) is 21.2 Å². The van der Waals surface area contributed by atoms with Crippen LogP contribution in [0.3, 0.4) is 0 Å². The second kappa shape index (κ2) is 7.14. The number of hydrogen-bond acceptors (Lipinski definition) is 1. The molecule has 0 aliphatic rings. The van der Waals surface area contributed by atoms with E-state index in [0.29, 0.717) is 24.1 Å². The number of benzene rings is 2. The van der Waals surface area contributed by atoms with Crippen molar-refractivity contribution in [2.75, 3.05) is 6.54 Å². The van der Waals surface area contributed by atoms with Crippen LogP contribution in [0.5, 0.6) is 0 Å². The van der Waals surface area contributed by atoms with Gasteiger partial charge in [-0.3, -0.25) is 0 Å². The van der Waals surface area contributed by atoms with E-state index in [9.17, 15) is 8.78 Å². The summed E-state index contributed by atoms with van der Waals surface area (Å²) in [5.74, 6) is -1.01. The number of rotatable bonds is 5. The van der Waals surface area contributed by atoms with Gasteiger partial charge in [0.25, 0.3) is 0 Å². The zero-order valence-electron chi connectivity index (χ0n) is 12.1. The summed E-state index contributed by atoms with van der Waals surface area (Å²) in [5.41, 5.74) is 2.07. The minimum absolute atomic E-state index is 0.177. The van der Waals surface area contributed by atoms with Crippen molar-refractivity contribution in [3.63, 3.8) is 0 Å². The Labute approximate surface area is 132 Å². The Balaban J connectivity index is 2.33. The first-order valence-electron chi connectivity index (χ1n) is 6.94. The molecule has 0 bridgehead atoms. The van der Waals surface area contributed by atoms with Gasteiger partial charge in [-0.15, -0.1) is 0 Å². The number of hydrogen-bond donors (Lipinski definition) is 1. The molecule has 0 amide bonds. The van der Waals surface area contributed by atoms with Crippen LogP contribution in [0.15, 0.2) is 40.9 Å².